The zero-order valence-corrected chi connectivity index (χ0v) is 41.5. The van der Waals surface area contributed by atoms with Gasteiger partial charge in [-0.3, -0.25) is 44.3 Å². The third-order valence-electron chi connectivity index (χ3n) is 12.4. The molecule has 0 unspecified atom stereocenters. The minimum absolute atomic E-state index is 0.0299. The van der Waals surface area contributed by atoms with Crippen LogP contribution >= 0.6 is 0 Å². The number of nitrogen functional groups attached to an aromatic ring is 2. The lowest BCUT2D eigenvalue weighted by molar-refractivity contribution is -0.384. The molecule has 0 aromatic heterocycles. The minimum Gasteiger partial charge on any atom is -0.397 e. The molecule has 0 amide bonds. The number of hydrogen-bond acceptors (Lipinski definition) is 18. The van der Waals surface area contributed by atoms with E-state index in [1.54, 1.807) is 36.4 Å². The standard InChI is InChI=1S/C14H19N3O3.C13H17N3O3.C13H19N3O.C12H17N3O/c1-16-8-4-2-3-7-15-12-6-5-11(14(18)10-16)9-13(12)17(19)20;17-13-9-14-6-2-1-3-7-15-11-5-4-10(13)8-12(11)16(18)19;14-11-8-10-4-5-12(11)16-7-3-1-2-6-15-9-13(10)17;13-10-7-9-3-4-11(10)15-6-2-1-5-14-8-12(9)16/h5-6,9,15H,2-4,7-8,10H2,1H3;4-5,8,14-15H,1-3,6-7,9H2;4-5,8,15-16H,1-3,6-7,9,14H2;3-4,7,14-15H,1-2,5-6,8,13H2. The molecule has 12 rings (SSSR count). The Hall–Kier alpha value is -7.00. The van der Waals surface area contributed by atoms with Gasteiger partial charge in [0.15, 0.2) is 23.1 Å². The lowest BCUT2D eigenvalue weighted by Gasteiger charge is -2.15. The van der Waals surface area contributed by atoms with Crippen molar-refractivity contribution in [1.82, 2.24) is 20.9 Å². The SMILES string of the molecule is CN1CCCCCNc2ccc(cc2[N+](=O)[O-])C(=O)C1.Nc1cc2ccc1NCCCCCNCC2=O.Nc1cc2ccc1NCCCCNCC2=O.O=C1CNCCCCCNc2ccc1cc2[N+](=O)[O-]. The highest BCUT2D eigenvalue weighted by Gasteiger charge is 2.20. The molecule has 72 heavy (non-hydrogen) atoms. The molecule has 0 aliphatic carbocycles. The summed E-state index contributed by atoms with van der Waals surface area (Å²) in [4.78, 5) is 70.8. The van der Waals surface area contributed by atoms with Gasteiger partial charge in [-0.25, -0.2) is 0 Å². The summed E-state index contributed by atoms with van der Waals surface area (Å²) in [5.41, 5.74) is 18.0. The van der Waals surface area contributed by atoms with Crippen molar-refractivity contribution in [3.8, 4) is 0 Å². The Balaban J connectivity index is 0.000000179. The van der Waals surface area contributed by atoms with Crippen LogP contribution in [0.4, 0.5) is 45.5 Å². The molecule has 0 saturated heterocycles. The summed E-state index contributed by atoms with van der Waals surface area (Å²) in [6.45, 7) is 8.02. The Labute approximate surface area is 421 Å². The van der Waals surface area contributed by atoms with Gasteiger partial charge in [0.2, 0.25) is 0 Å². The summed E-state index contributed by atoms with van der Waals surface area (Å²) in [5.74, 6) is -0.00313. The molecular formula is C52H72N12O8. The quantitative estimate of drug-likeness (QED) is 0.0547. The molecular weight excluding hydrogens is 921 g/mol. The summed E-state index contributed by atoms with van der Waals surface area (Å²) in [6.07, 6.45) is 11.5. The number of Topliss-reactive ketones (excluding diaryl/α,β-unsaturated/α-hetero) is 4. The number of nitrogens with one attached hydrogen (secondary N) is 7. The Morgan fingerprint density at radius 2 is 0.750 bits per heavy atom. The Morgan fingerprint density at radius 3 is 1.15 bits per heavy atom. The third-order valence-corrected chi connectivity index (χ3v) is 12.4. The summed E-state index contributed by atoms with van der Waals surface area (Å²) < 4.78 is 0. The van der Waals surface area contributed by atoms with Crippen LogP contribution in [-0.4, -0.2) is 123 Å². The maximum atomic E-state index is 12.1. The number of nitro groups is 2. The summed E-state index contributed by atoms with van der Waals surface area (Å²) in [7, 11) is 1.90. The molecule has 0 saturated carbocycles. The lowest BCUT2D eigenvalue weighted by atomic mass is 10.1. The Morgan fingerprint density at radius 1 is 0.431 bits per heavy atom. The van der Waals surface area contributed by atoms with E-state index in [1.807, 2.05) is 36.2 Å². The highest BCUT2D eigenvalue weighted by atomic mass is 16.6. The number of likely N-dealkylation sites (N-methyl/N-ethyl adjacent to an activating group) is 1. The van der Waals surface area contributed by atoms with Crippen molar-refractivity contribution >= 4 is 68.6 Å². The van der Waals surface area contributed by atoms with Crippen LogP contribution in [0.25, 0.3) is 0 Å². The first-order valence-corrected chi connectivity index (χ1v) is 25.1. The molecule has 0 fully saturated rings. The fourth-order valence-corrected chi connectivity index (χ4v) is 8.19. The summed E-state index contributed by atoms with van der Waals surface area (Å²) in [6, 6.07) is 20.2. The third kappa shape index (κ3) is 18.6. The number of rotatable bonds is 2. The van der Waals surface area contributed by atoms with Crippen molar-refractivity contribution in [2.45, 2.75) is 70.6 Å². The van der Waals surface area contributed by atoms with Gasteiger partial charge in [-0.2, -0.15) is 0 Å². The number of nitrogens with zero attached hydrogens (tertiary/aromatic N) is 3. The summed E-state index contributed by atoms with van der Waals surface area (Å²) >= 11 is 0. The molecule has 4 aromatic carbocycles. The van der Waals surface area contributed by atoms with Crippen LogP contribution in [0.2, 0.25) is 0 Å². The summed E-state index contributed by atoms with van der Waals surface area (Å²) in [5, 5.41) is 44.2. The van der Waals surface area contributed by atoms with E-state index >= 15 is 0 Å². The van der Waals surface area contributed by atoms with E-state index in [1.165, 1.54) is 12.1 Å². The lowest BCUT2D eigenvalue weighted by Crippen LogP contribution is -2.27. The number of fused-ring (bicyclic) bond motifs is 39. The highest BCUT2D eigenvalue weighted by molar-refractivity contribution is 6.01. The van der Waals surface area contributed by atoms with Crippen LogP contribution in [0, 0.1) is 20.2 Å². The Kier molecular flexibility index (Phi) is 23.3. The second-order valence-corrected chi connectivity index (χ2v) is 18.1. The first-order valence-electron chi connectivity index (χ1n) is 25.1. The van der Waals surface area contributed by atoms with E-state index < -0.39 is 9.85 Å². The van der Waals surface area contributed by atoms with Gasteiger partial charge in [0.1, 0.15) is 11.4 Å². The zero-order chi connectivity index (χ0) is 51.7. The first kappa shape index (κ1) is 55.9. The molecule has 0 radical (unpaired) electrons. The monoisotopic (exact) mass is 993 g/mol. The van der Waals surface area contributed by atoms with E-state index in [0.29, 0.717) is 77.7 Å². The Bertz CT molecular complexity index is 2470. The van der Waals surface area contributed by atoms with Crippen LogP contribution in [-0.2, 0) is 0 Å². The zero-order valence-electron chi connectivity index (χ0n) is 41.5. The molecule has 0 spiro atoms. The van der Waals surface area contributed by atoms with Crippen LogP contribution in [0.1, 0.15) is 112 Å². The second kappa shape index (κ2) is 30.0. The molecule has 388 valence electrons. The fraction of sp³-hybridized carbons (Fsp3) is 0.462. The number of benzene rings is 4. The topological polar surface area (TPSA) is 294 Å². The van der Waals surface area contributed by atoms with Gasteiger partial charge >= 0.3 is 0 Å². The van der Waals surface area contributed by atoms with Gasteiger partial charge in [0.05, 0.1) is 58.8 Å². The molecule has 8 aliphatic rings. The highest BCUT2D eigenvalue weighted by Crippen LogP contribution is 2.28. The van der Waals surface area contributed by atoms with Gasteiger partial charge in [-0.05, 0) is 145 Å². The van der Waals surface area contributed by atoms with Gasteiger partial charge in [0.25, 0.3) is 11.4 Å². The number of anilines is 6. The van der Waals surface area contributed by atoms with E-state index in [4.69, 9.17) is 11.5 Å². The van der Waals surface area contributed by atoms with Crippen molar-refractivity contribution in [2.24, 2.45) is 0 Å². The first-order chi connectivity index (χ1) is 34.8. The van der Waals surface area contributed by atoms with Crippen molar-refractivity contribution in [1.29, 1.82) is 0 Å². The van der Waals surface area contributed by atoms with Crippen molar-refractivity contribution in [2.75, 3.05) is 118 Å². The van der Waals surface area contributed by atoms with Gasteiger partial charge in [0, 0.05) is 60.6 Å². The normalized spacial score (nSPS) is 17.5. The van der Waals surface area contributed by atoms with Crippen LogP contribution < -0.4 is 48.7 Å². The predicted octanol–water partition coefficient (Wildman–Crippen LogP) is 7.15. The second-order valence-electron chi connectivity index (χ2n) is 18.1. The fourth-order valence-electron chi connectivity index (χ4n) is 8.19. The molecule has 20 heteroatoms. The average Bonchev–Trinajstić information content (AvgIpc) is 3.42. The average molecular weight is 993 g/mol. The largest absolute Gasteiger partial charge is 0.397 e. The molecule has 8 bridgehead atoms. The van der Waals surface area contributed by atoms with Crippen LogP contribution in [0.15, 0.2) is 72.8 Å². The molecule has 20 nitrogen and oxygen atoms in total. The molecule has 11 N–H and O–H groups in total. The number of carbonyl (C=O) groups is 4. The van der Waals surface area contributed by atoms with E-state index in [9.17, 15) is 39.4 Å². The van der Waals surface area contributed by atoms with E-state index in [0.717, 1.165) is 121 Å². The molecule has 0 atom stereocenters. The maximum Gasteiger partial charge on any atom is 0.293 e. The number of ketones is 4. The van der Waals surface area contributed by atoms with E-state index in [-0.39, 0.29) is 41.1 Å². The van der Waals surface area contributed by atoms with Crippen molar-refractivity contribution < 1.29 is 29.0 Å². The van der Waals surface area contributed by atoms with Gasteiger partial charge in [-0.1, -0.05) is 19.3 Å². The van der Waals surface area contributed by atoms with Crippen molar-refractivity contribution in [3.05, 3.63) is 115 Å². The molecule has 8 heterocycles. The van der Waals surface area contributed by atoms with E-state index in [2.05, 4.69) is 37.2 Å². The van der Waals surface area contributed by atoms with Crippen LogP contribution in [0.5, 0.6) is 0 Å². The molecule has 4 aromatic rings. The number of nitrogens with two attached hydrogens (primary N) is 2. The number of nitro benzene ring substituents is 2. The maximum absolute atomic E-state index is 12.1. The van der Waals surface area contributed by atoms with Crippen LogP contribution in [0.3, 0.4) is 0 Å². The van der Waals surface area contributed by atoms with Gasteiger partial charge in [-0.15, -0.1) is 0 Å². The minimum atomic E-state index is -0.452. The molecule has 8 aliphatic heterocycles. The van der Waals surface area contributed by atoms with Crippen molar-refractivity contribution in [3.63, 3.8) is 0 Å². The van der Waals surface area contributed by atoms with Gasteiger partial charge < -0.3 is 48.7 Å². The predicted molar refractivity (Wildman–Crippen MR) is 286 cm³/mol. The number of carbonyl (C=O) groups excluding carboxylic acids is 4. The number of hydrogen-bond donors (Lipinski definition) is 9. The smallest absolute Gasteiger partial charge is 0.293 e.